The quantitative estimate of drug-likeness (QED) is 0.820. The SMILES string of the molecule is C#CCN[C@H](C)c1ccc(F)c(Br)c1. The van der Waals surface area contributed by atoms with E-state index in [1.807, 2.05) is 6.92 Å². The fraction of sp³-hybridized carbons (Fsp3) is 0.273. The Kier molecular flexibility index (Phi) is 4.12. The molecule has 0 aliphatic carbocycles. The molecule has 0 saturated heterocycles. The fourth-order valence-corrected chi connectivity index (χ4v) is 1.51. The van der Waals surface area contributed by atoms with Gasteiger partial charge in [0, 0.05) is 6.04 Å². The third kappa shape index (κ3) is 2.83. The Morgan fingerprint density at radius 3 is 2.93 bits per heavy atom. The van der Waals surface area contributed by atoms with Crippen LogP contribution in [0.2, 0.25) is 0 Å². The summed E-state index contributed by atoms with van der Waals surface area (Å²) in [5, 5.41) is 3.12. The summed E-state index contributed by atoms with van der Waals surface area (Å²) in [7, 11) is 0. The van der Waals surface area contributed by atoms with Gasteiger partial charge in [0.05, 0.1) is 11.0 Å². The number of benzene rings is 1. The van der Waals surface area contributed by atoms with Gasteiger partial charge in [0.2, 0.25) is 0 Å². The van der Waals surface area contributed by atoms with Gasteiger partial charge in [-0.2, -0.15) is 0 Å². The number of halogens is 2. The summed E-state index contributed by atoms with van der Waals surface area (Å²) in [6.45, 7) is 2.49. The van der Waals surface area contributed by atoms with Gasteiger partial charge in [-0.1, -0.05) is 12.0 Å². The van der Waals surface area contributed by atoms with E-state index in [1.165, 1.54) is 6.07 Å². The molecule has 0 bridgehead atoms. The van der Waals surface area contributed by atoms with Crippen LogP contribution in [-0.4, -0.2) is 6.54 Å². The monoisotopic (exact) mass is 255 g/mol. The van der Waals surface area contributed by atoms with E-state index >= 15 is 0 Å². The summed E-state index contributed by atoms with van der Waals surface area (Å²) >= 11 is 3.14. The van der Waals surface area contributed by atoms with E-state index in [-0.39, 0.29) is 11.9 Å². The largest absolute Gasteiger partial charge is 0.300 e. The molecular formula is C11H11BrFN. The predicted molar refractivity (Wildman–Crippen MR) is 59.4 cm³/mol. The van der Waals surface area contributed by atoms with Gasteiger partial charge in [0.1, 0.15) is 5.82 Å². The van der Waals surface area contributed by atoms with Crippen LogP contribution < -0.4 is 5.32 Å². The Bertz CT molecular complexity index is 357. The normalized spacial score (nSPS) is 12.1. The lowest BCUT2D eigenvalue weighted by atomic mass is 10.1. The highest BCUT2D eigenvalue weighted by Gasteiger charge is 2.06. The summed E-state index contributed by atoms with van der Waals surface area (Å²) in [6, 6.07) is 5.06. The molecule has 1 aromatic rings. The minimum absolute atomic E-state index is 0.128. The first-order valence-electron chi connectivity index (χ1n) is 4.27. The molecule has 0 spiro atoms. The molecule has 0 unspecified atom stereocenters. The van der Waals surface area contributed by atoms with Crippen LogP contribution in [0.25, 0.3) is 0 Å². The van der Waals surface area contributed by atoms with Crippen molar-refractivity contribution in [3.8, 4) is 12.3 Å². The van der Waals surface area contributed by atoms with Gasteiger partial charge in [-0.3, -0.25) is 5.32 Å². The average molecular weight is 256 g/mol. The molecule has 1 nitrogen and oxygen atoms in total. The Hall–Kier alpha value is -0.850. The predicted octanol–water partition coefficient (Wildman–Crippen LogP) is 2.87. The van der Waals surface area contributed by atoms with Gasteiger partial charge < -0.3 is 0 Å². The smallest absolute Gasteiger partial charge is 0.137 e. The molecular weight excluding hydrogens is 245 g/mol. The first kappa shape index (κ1) is 11.2. The minimum atomic E-state index is -0.252. The molecule has 1 rings (SSSR count). The first-order valence-corrected chi connectivity index (χ1v) is 5.06. The second-order valence-corrected chi connectivity index (χ2v) is 3.83. The minimum Gasteiger partial charge on any atom is -0.300 e. The molecule has 0 radical (unpaired) electrons. The maximum absolute atomic E-state index is 12.9. The molecule has 1 atom stereocenters. The van der Waals surface area contributed by atoms with Crippen LogP contribution in [0, 0.1) is 18.2 Å². The number of hydrogen-bond acceptors (Lipinski definition) is 1. The molecule has 3 heteroatoms. The molecule has 0 aromatic heterocycles. The molecule has 0 aliphatic heterocycles. The summed E-state index contributed by atoms with van der Waals surface area (Å²) in [5.41, 5.74) is 1.01. The Balaban J connectivity index is 2.76. The van der Waals surface area contributed by atoms with Crippen molar-refractivity contribution in [3.05, 3.63) is 34.1 Å². The highest BCUT2D eigenvalue weighted by Crippen LogP contribution is 2.20. The zero-order valence-electron chi connectivity index (χ0n) is 7.85. The molecule has 1 N–H and O–H groups in total. The van der Waals surface area contributed by atoms with Crippen LogP contribution in [0.3, 0.4) is 0 Å². The highest BCUT2D eigenvalue weighted by atomic mass is 79.9. The van der Waals surface area contributed by atoms with Gasteiger partial charge in [-0.15, -0.1) is 6.42 Å². The second-order valence-electron chi connectivity index (χ2n) is 2.98. The Morgan fingerprint density at radius 2 is 2.36 bits per heavy atom. The molecule has 0 saturated carbocycles. The van der Waals surface area contributed by atoms with Crippen molar-refractivity contribution in [1.82, 2.24) is 5.32 Å². The summed E-state index contributed by atoms with van der Waals surface area (Å²) in [5.74, 6) is 2.25. The van der Waals surface area contributed by atoms with Crippen molar-refractivity contribution in [2.24, 2.45) is 0 Å². The van der Waals surface area contributed by atoms with E-state index in [2.05, 4.69) is 27.2 Å². The molecule has 0 aliphatic rings. The molecule has 14 heavy (non-hydrogen) atoms. The van der Waals surface area contributed by atoms with E-state index in [0.717, 1.165) is 5.56 Å². The molecule has 0 heterocycles. The zero-order valence-corrected chi connectivity index (χ0v) is 9.44. The molecule has 0 amide bonds. The summed E-state index contributed by atoms with van der Waals surface area (Å²) < 4.78 is 13.4. The van der Waals surface area contributed by atoms with E-state index in [1.54, 1.807) is 12.1 Å². The lowest BCUT2D eigenvalue weighted by Crippen LogP contribution is -2.18. The van der Waals surface area contributed by atoms with Crippen molar-refractivity contribution >= 4 is 15.9 Å². The van der Waals surface area contributed by atoms with E-state index in [0.29, 0.717) is 11.0 Å². The molecule has 0 fully saturated rings. The lowest BCUT2D eigenvalue weighted by Gasteiger charge is -2.12. The van der Waals surface area contributed by atoms with Gasteiger partial charge >= 0.3 is 0 Å². The molecule has 74 valence electrons. The van der Waals surface area contributed by atoms with Crippen LogP contribution in [0.1, 0.15) is 18.5 Å². The van der Waals surface area contributed by atoms with Gasteiger partial charge in [0.25, 0.3) is 0 Å². The van der Waals surface area contributed by atoms with E-state index < -0.39 is 0 Å². The third-order valence-corrected chi connectivity index (χ3v) is 2.56. The van der Waals surface area contributed by atoms with Crippen LogP contribution in [0.5, 0.6) is 0 Å². The van der Waals surface area contributed by atoms with Gasteiger partial charge in [0.15, 0.2) is 0 Å². The van der Waals surface area contributed by atoms with Crippen molar-refractivity contribution in [2.45, 2.75) is 13.0 Å². The number of rotatable bonds is 3. The van der Waals surface area contributed by atoms with Crippen LogP contribution >= 0.6 is 15.9 Å². The topological polar surface area (TPSA) is 12.0 Å². The zero-order chi connectivity index (χ0) is 10.6. The van der Waals surface area contributed by atoms with Crippen LogP contribution in [0.15, 0.2) is 22.7 Å². The standard InChI is InChI=1S/C11H11BrFN/c1-3-6-14-8(2)9-4-5-11(13)10(12)7-9/h1,4-5,7-8,14H,6H2,2H3/t8-/m1/s1. The first-order chi connectivity index (χ1) is 6.65. The second kappa shape index (κ2) is 5.14. The lowest BCUT2D eigenvalue weighted by molar-refractivity contribution is 0.604. The van der Waals surface area contributed by atoms with Crippen LogP contribution in [-0.2, 0) is 0 Å². The van der Waals surface area contributed by atoms with E-state index in [4.69, 9.17) is 6.42 Å². The Morgan fingerprint density at radius 1 is 1.64 bits per heavy atom. The number of nitrogens with one attached hydrogen (secondary N) is 1. The van der Waals surface area contributed by atoms with Crippen molar-refractivity contribution in [3.63, 3.8) is 0 Å². The fourth-order valence-electron chi connectivity index (χ4n) is 1.11. The molecule has 1 aromatic carbocycles. The summed E-state index contributed by atoms with van der Waals surface area (Å²) in [4.78, 5) is 0. The number of hydrogen-bond donors (Lipinski definition) is 1. The Labute approximate surface area is 91.8 Å². The summed E-state index contributed by atoms with van der Waals surface area (Å²) in [6.07, 6.45) is 5.13. The van der Waals surface area contributed by atoms with Crippen LogP contribution in [0.4, 0.5) is 4.39 Å². The maximum Gasteiger partial charge on any atom is 0.137 e. The van der Waals surface area contributed by atoms with E-state index in [9.17, 15) is 4.39 Å². The third-order valence-electron chi connectivity index (χ3n) is 1.95. The average Bonchev–Trinajstić information content (AvgIpc) is 2.18. The van der Waals surface area contributed by atoms with Gasteiger partial charge in [-0.05, 0) is 40.5 Å². The number of terminal acetylenes is 1. The van der Waals surface area contributed by atoms with Crippen molar-refractivity contribution < 1.29 is 4.39 Å². The van der Waals surface area contributed by atoms with Crippen molar-refractivity contribution in [1.29, 1.82) is 0 Å². The highest BCUT2D eigenvalue weighted by molar-refractivity contribution is 9.10. The maximum atomic E-state index is 12.9. The van der Waals surface area contributed by atoms with Crippen molar-refractivity contribution in [2.75, 3.05) is 6.54 Å². The van der Waals surface area contributed by atoms with Gasteiger partial charge in [-0.25, -0.2) is 4.39 Å².